The van der Waals surface area contributed by atoms with Crippen molar-refractivity contribution >= 4 is 22.7 Å². The molecular weight excluding hydrogens is 705 g/mol. The molecule has 4 aromatic carbocycles. The van der Waals surface area contributed by atoms with Crippen LogP contribution in [0.3, 0.4) is 0 Å². The first kappa shape index (κ1) is 45.3. The molecule has 4 rings (SSSR count). The zero-order valence-electron chi connectivity index (χ0n) is 37.2. The van der Waals surface area contributed by atoms with Crippen LogP contribution in [0.2, 0.25) is 0 Å². The number of unbranched alkanes of at least 4 members (excludes halogenated alkanes) is 4. The molecular formula is C50H74N4O3. The van der Waals surface area contributed by atoms with Gasteiger partial charge in [0.05, 0.1) is 13.2 Å². The number of benzene rings is 4. The Labute approximate surface area is 346 Å². The molecule has 2 atom stereocenters. The predicted octanol–water partition coefficient (Wildman–Crippen LogP) is 12.3. The molecule has 0 spiro atoms. The monoisotopic (exact) mass is 779 g/mol. The van der Waals surface area contributed by atoms with Gasteiger partial charge in [-0.1, -0.05) is 89.8 Å². The Kier molecular flexibility index (Phi) is 18.9. The minimum atomic E-state index is -0.435. The Morgan fingerprint density at radius 1 is 0.421 bits per heavy atom. The molecule has 0 fully saturated rings. The maximum absolute atomic E-state index is 7.62. The van der Waals surface area contributed by atoms with Crippen LogP contribution in [-0.4, -0.2) is 67.6 Å². The van der Waals surface area contributed by atoms with Gasteiger partial charge in [-0.2, -0.15) is 0 Å². The van der Waals surface area contributed by atoms with E-state index in [0.717, 1.165) is 123 Å². The molecule has 0 amide bonds. The molecule has 0 heterocycles. The van der Waals surface area contributed by atoms with E-state index in [4.69, 9.17) is 14.2 Å². The molecule has 7 nitrogen and oxygen atoms in total. The molecule has 0 saturated heterocycles. The highest BCUT2D eigenvalue weighted by Crippen LogP contribution is 2.44. The number of anilines is 4. The van der Waals surface area contributed by atoms with Crippen molar-refractivity contribution in [3.63, 3.8) is 0 Å². The summed E-state index contributed by atoms with van der Waals surface area (Å²) in [7, 11) is 8.32. The van der Waals surface area contributed by atoms with E-state index < -0.39 is 12.2 Å². The Bertz CT molecular complexity index is 1580. The fourth-order valence-corrected chi connectivity index (χ4v) is 7.26. The average Bonchev–Trinajstić information content (AvgIpc) is 3.22. The lowest BCUT2D eigenvalue weighted by atomic mass is 9.95. The normalized spacial score (nSPS) is 12.2. The van der Waals surface area contributed by atoms with Crippen molar-refractivity contribution in [1.29, 1.82) is 0 Å². The van der Waals surface area contributed by atoms with Crippen molar-refractivity contribution in [2.75, 3.05) is 87.2 Å². The molecule has 312 valence electrons. The maximum atomic E-state index is 7.62. The van der Waals surface area contributed by atoms with Crippen LogP contribution in [-0.2, 0) is 4.74 Å². The van der Waals surface area contributed by atoms with Gasteiger partial charge in [-0.15, -0.1) is 0 Å². The van der Waals surface area contributed by atoms with Gasteiger partial charge < -0.3 is 33.8 Å². The van der Waals surface area contributed by atoms with E-state index in [1.165, 1.54) is 11.4 Å². The van der Waals surface area contributed by atoms with Gasteiger partial charge in [0, 0.05) is 100 Å². The lowest BCUT2D eigenvalue weighted by Gasteiger charge is -2.31. The third kappa shape index (κ3) is 12.8. The Morgan fingerprint density at radius 3 is 1.02 bits per heavy atom. The van der Waals surface area contributed by atoms with Crippen molar-refractivity contribution in [2.24, 2.45) is 0 Å². The second-order valence-corrected chi connectivity index (χ2v) is 15.6. The summed E-state index contributed by atoms with van der Waals surface area (Å²) >= 11 is 0. The Hall–Kier alpha value is -4.36. The molecule has 4 aromatic rings. The molecule has 0 aliphatic heterocycles. The standard InChI is InChI=1S/C50H74N4O3/c1-11-17-33-53(34-18-12-2)43-29-31-45(47(37-43)55-15-5)49(39-21-25-41(26-22-39)51(7)8)57-50(40-23-27-42(28-24-40)52(9)10)46-32-30-44(38-48(46)56-16-6)54(35-19-13-3)36-20-14-4/h21-32,37-38,49-50H,11-20,33-36H2,1-10H3. The third-order valence-corrected chi connectivity index (χ3v) is 10.7. The summed E-state index contributed by atoms with van der Waals surface area (Å²) in [6.45, 7) is 18.4. The second-order valence-electron chi connectivity index (χ2n) is 15.6. The first-order valence-corrected chi connectivity index (χ1v) is 21.9. The van der Waals surface area contributed by atoms with Crippen molar-refractivity contribution in [3.05, 3.63) is 107 Å². The van der Waals surface area contributed by atoms with Gasteiger partial charge in [0.25, 0.3) is 0 Å². The second kappa shape index (κ2) is 23.8. The number of rotatable bonds is 26. The van der Waals surface area contributed by atoms with Crippen molar-refractivity contribution in [1.82, 2.24) is 0 Å². The summed E-state index contributed by atoms with van der Waals surface area (Å²) < 4.78 is 20.7. The van der Waals surface area contributed by atoms with E-state index in [1.807, 2.05) is 0 Å². The maximum Gasteiger partial charge on any atom is 0.127 e. The summed E-state index contributed by atoms with van der Waals surface area (Å²) in [4.78, 5) is 9.32. The highest BCUT2D eigenvalue weighted by molar-refractivity contribution is 5.59. The number of hydrogen-bond donors (Lipinski definition) is 0. The van der Waals surface area contributed by atoms with Crippen LogP contribution in [0, 0.1) is 0 Å². The Balaban J connectivity index is 1.94. The zero-order valence-corrected chi connectivity index (χ0v) is 37.2. The van der Waals surface area contributed by atoms with E-state index in [2.05, 4.69) is 174 Å². The summed E-state index contributed by atoms with van der Waals surface area (Å²) in [5, 5.41) is 0. The van der Waals surface area contributed by atoms with E-state index in [0.29, 0.717) is 13.2 Å². The average molecular weight is 779 g/mol. The van der Waals surface area contributed by atoms with E-state index >= 15 is 0 Å². The van der Waals surface area contributed by atoms with Gasteiger partial charge in [-0.05, 0) is 87.1 Å². The van der Waals surface area contributed by atoms with Gasteiger partial charge in [0.15, 0.2) is 0 Å². The fourth-order valence-electron chi connectivity index (χ4n) is 7.26. The molecule has 0 aliphatic rings. The smallest absolute Gasteiger partial charge is 0.127 e. The third-order valence-electron chi connectivity index (χ3n) is 10.7. The van der Waals surface area contributed by atoms with Crippen LogP contribution in [0.5, 0.6) is 11.5 Å². The first-order valence-electron chi connectivity index (χ1n) is 21.9. The Morgan fingerprint density at radius 2 is 0.737 bits per heavy atom. The molecule has 0 radical (unpaired) electrons. The summed E-state index contributed by atoms with van der Waals surface area (Å²) in [5.74, 6) is 1.72. The number of nitrogens with zero attached hydrogens (tertiary/aromatic N) is 4. The van der Waals surface area contributed by atoms with Gasteiger partial charge in [0.2, 0.25) is 0 Å². The minimum Gasteiger partial charge on any atom is -0.493 e. The highest BCUT2D eigenvalue weighted by atomic mass is 16.5. The first-order chi connectivity index (χ1) is 27.7. The summed E-state index contributed by atoms with van der Waals surface area (Å²) in [6.07, 6.45) is 8.40. The van der Waals surface area contributed by atoms with Crippen LogP contribution in [0.4, 0.5) is 22.7 Å². The summed E-state index contributed by atoms with van der Waals surface area (Å²) in [6, 6.07) is 31.1. The van der Waals surface area contributed by atoms with Crippen molar-refractivity contribution < 1.29 is 14.2 Å². The van der Waals surface area contributed by atoms with Crippen molar-refractivity contribution in [2.45, 2.75) is 105 Å². The van der Waals surface area contributed by atoms with E-state index in [1.54, 1.807) is 0 Å². The highest BCUT2D eigenvalue weighted by Gasteiger charge is 2.29. The quantitative estimate of drug-likeness (QED) is 0.0629. The van der Waals surface area contributed by atoms with Crippen LogP contribution < -0.4 is 29.1 Å². The van der Waals surface area contributed by atoms with Gasteiger partial charge in [-0.25, -0.2) is 0 Å². The predicted molar refractivity (Wildman–Crippen MR) is 246 cm³/mol. The molecule has 2 unspecified atom stereocenters. The van der Waals surface area contributed by atoms with Crippen LogP contribution >= 0.6 is 0 Å². The largest absolute Gasteiger partial charge is 0.493 e. The minimum absolute atomic E-state index is 0.435. The van der Waals surface area contributed by atoms with Crippen LogP contribution in [0.25, 0.3) is 0 Å². The number of ether oxygens (including phenoxy) is 3. The number of hydrogen-bond acceptors (Lipinski definition) is 7. The van der Waals surface area contributed by atoms with Crippen molar-refractivity contribution in [3.8, 4) is 11.5 Å². The van der Waals surface area contributed by atoms with Crippen LogP contribution in [0.1, 0.15) is 127 Å². The topological polar surface area (TPSA) is 40.7 Å². The summed E-state index contributed by atoms with van der Waals surface area (Å²) in [5.41, 5.74) is 8.84. The SMILES string of the molecule is CCCCN(CCCC)c1ccc(C(OC(c2ccc(N(C)C)cc2)c2ccc(N(CCCC)CCCC)cc2OCC)c2ccc(N(C)C)cc2)c(OCC)c1. The van der Waals surface area contributed by atoms with Gasteiger partial charge in [-0.3, -0.25) is 0 Å². The van der Waals surface area contributed by atoms with E-state index in [9.17, 15) is 0 Å². The van der Waals surface area contributed by atoms with E-state index in [-0.39, 0.29) is 0 Å². The lowest BCUT2D eigenvalue weighted by molar-refractivity contribution is 0.0278. The van der Waals surface area contributed by atoms with Gasteiger partial charge >= 0.3 is 0 Å². The lowest BCUT2D eigenvalue weighted by Crippen LogP contribution is -2.26. The fraction of sp³-hybridized carbons (Fsp3) is 0.520. The van der Waals surface area contributed by atoms with Crippen LogP contribution in [0.15, 0.2) is 84.9 Å². The molecule has 7 heteroatoms. The van der Waals surface area contributed by atoms with Gasteiger partial charge in [0.1, 0.15) is 23.7 Å². The molecule has 0 aliphatic carbocycles. The molecule has 0 saturated carbocycles. The molecule has 0 N–H and O–H groups in total. The zero-order chi connectivity index (χ0) is 41.2. The molecule has 0 bridgehead atoms. The molecule has 57 heavy (non-hydrogen) atoms. The molecule has 0 aromatic heterocycles.